The van der Waals surface area contributed by atoms with Crippen molar-refractivity contribution in [3.05, 3.63) is 59.7 Å². The maximum absolute atomic E-state index is 2.25. The van der Waals surface area contributed by atoms with Crippen molar-refractivity contribution in [1.29, 1.82) is 0 Å². The molecule has 0 aromatic heterocycles. The van der Waals surface area contributed by atoms with E-state index in [0.29, 0.717) is 0 Å². The lowest BCUT2D eigenvalue weighted by atomic mass is 10.2. The van der Waals surface area contributed by atoms with Crippen molar-refractivity contribution >= 4 is 36.5 Å². The molecule has 0 aliphatic carbocycles. The van der Waals surface area contributed by atoms with Crippen LogP contribution >= 0.6 is 12.4 Å². The molecule has 2 aromatic carbocycles. The van der Waals surface area contributed by atoms with Gasteiger partial charge < -0.3 is 0 Å². The van der Waals surface area contributed by atoms with Crippen molar-refractivity contribution in [3.8, 4) is 0 Å². The van der Waals surface area contributed by atoms with Crippen molar-refractivity contribution in [1.82, 2.24) is 0 Å². The van der Waals surface area contributed by atoms with Crippen LogP contribution in [0.2, 0.25) is 0 Å². The molecular weight excluding hydrogens is 231 g/mol. The second-order valence-corrected chi connectivity index (χ2v) is 5.39. The zero-order valence-corrected chi connectivity index (χ0v) is 11.6. The van der Waals surface area contributed by atoms with E-state index in [4.69, 9.17) is 0 Å². The SMILES string of the molecule is Cc1cccc[c]1[Al][c]1ccccc1C.Cl. The summed E-state index contributed by atoms with van der Waals surface area (Å²) in [6.45, 7) is 4.39. The summed E-state index contributed by atoms with van der Waals surface area (Å²) in [7, 11) is 0. The van der Waals surface area contributed by atoms with Gasteiger partial charge in [0.1, 0.15) is 0 Å². The van der Waals surface area contributed by atoms with Gasteiger partial charge in [0, 0.05) is 0 Å². The maximum Gasteiger partial charge on any atom is 0.299 e. The summed E-state index contributed by atoms with van der Waals surface area (Å²) in [6, 6.07) is 17.4. The van der Waals surface area contributed by atoms with Gasteiger partial charge in [0.05, 0.1) is 0 Å². The maximum atomic E-state index is 2.25. The summed E-state index contributed by atoms with van der Waals surface area (Å²) in [6.07, 6.45) is 0. The average molecular weight is 246 g/mol. The topological polar surface area (TPSA) is 0 Å². The van der Waals surface area contributed by atoms with E-state index in [9.17, 15) is 0 Å². The highest BCUT2D eigenvalue weighted by Gasteiger charge is 2.04. The molecule has 0 aliphatic rings. The lowest BCUT2D eigenvalue weighted by Crippen LogP contribution is -2.30. The highest BCUT2D eigenvalue weighted by Crippen LogP contribution is 1.95. The van der Waals surface area contributed by atoms with Gasteiger partial charge in [-0.15, -0.1) is 21.3 Å². The first-order valence-electron chi connectivity index (χ1n) is 5.23. The average Bonchev–Trinajstić information content (AvgIpc) is 2.24. The highest BCUT2D eigenvalue weighted by molar-refractivity contribution is 6.68. The third-order valence-corrected chi connectivity index (χ3v) is 4.61. The van der Waals surface area contributed by atoms with Gasteiger partial charge in [0.25, 0.3) is 15.2 Å². The fraction of sp³-hybridized carbons (Fsp3) is 0.143. The summed E-state index contributed by atoms with van der Waals surface area (Å²) in [5.41, 5.74) is 2.83. The first-order valence-corrected chi connectivity index (χ1v) is 6.39. The quantitative estimate of drug-likeness (QED) is 0.713. The van der Waals surface area contributed by atoms with Crippen LogP contribution in [0.25, 0.3) is 0 Å². The minimum Gasteiger partial charge on any atom is -0.147 e. The van der Waals surface area contributed by atoms with Crippen LogP contribution in [0.15, 0.2) is 48.5 Å². The Morgan fingerprint density at radius 3 is 1.44 bits per heavy atom. The molecule has 0 atom stereocenters. The Labute approximate surface area is 110 Å². The molecule has 2 aromatic rings. The first-order chi connectivity index (χ1) is 7.27. The normalized spacial score (nSPS) is 9.38. The molecule has 0 saturated carbocycles. The standard InChI is InChI=1S/2C7H7.Al.ClH/c2*1-7-5-3-2-4-6-7;;/h2*2-5H,1H3;;1H. The third-order valence-electron chi connectivity index (χ3n) is 2.69. The van der Waals surface area contributed by atoms with Crippen molar-refractivity contribution < 1.29 is 0 Å². The first kappa shape index (κ1) is 13.3. The Bertz CT molecular complexity index is 422. The molecule has 0 nitrogen and oxygen atoms in total. The monoisotopic (exact) mass is 245 g/mol. The predicted molar refractivity (Wildman–Crippen MR) is 74.6 cm³/mol. The van der Waals surface area contributed by atoms with E-state index < -0.39 is 0 Å². The Morgan fingerprint density at radius 1 is 0.688 bits per heavy atom. The zero-order chi connectivity index (χ0) is 10.7. The molecule has 2 heteroatoms. The number of rotatable bonds is 2. The minimum atomic E-state index is 0. The molecule has 81 valence electrons. The smallest absolute Gasteiger partial charge is 0.147 e. The van der Waals surface area contributed by atoms with E-state index in [1.807, 2.05) is 0 Å². The van der Waals surface area contributed by atoms with Crippen LogP contribution in [0.4, 0.5) is 0 Å². The summed E-state index contributed by atoms with van der Waals surface area (Å²) in [4.78, 5) is 0. The highest BCUT2D eigenvalue weighted by atomic mass is 35.5. The molecular formula is C14H15AlCl. The molecule has 0 fully saturated rings. The van der Waals surface area contributed by atoms with E-state index in [-0.39, 0.29) is 27.6 Å². The fourth-order valence-corrected chi connectivity index (χ4v) is 3.06. The van der Waals surface area contributed by atoms with Gasteiger partial charge in [-0.25, -0.2) is 0 Å². The Balaban J connectivity index is 0.00000128. The van der Waals surface area contributed by atoms with E-state index in [1.54, 1.807) is 0 Å². The molecule has 1 radical (unpaired) electrons. The summed E-state index contributed by atoms with van der Waals surface area (Å²) in [5.74, 6) is 0. The van der Waals surface area contributed by atoms with Crippen molar-refractivity contribution in [2.24, 2.45) is 0 Å². The van der Waals surface area contributed by atoms with Gasteiger partial charge in [-0.3, -0.25) is 0 Å². The molecule has 0 saturated heterocycles. The third kappa shape index (κ3) is 3.12. The molecule has 0 N–H and O–H groups in total. The number of benzene rings is 2. The second-order valence-electron chi connectivity index (χ2n) is 3.86. The van der Waals surface area contributed by atoms with Crippen molar-refractivity contribution in [2.75, 3.05) is 0 Å². The summed E-state index contributed by atoms with van der Waals surface area (Å²) >= 11 is 0.241. The number of hydrogen-bond acceptors (Lipinski definition) is 0. The van der Waals surface area contributed by atoms with Crippen LogP contribution in [0.5, 0.6) is 0 Å². The fourth-order valence-electron chi connectivity index (χ4n) is 1.67. The Kier molecular flexibility index (Phi) is 5.09. The largest absolute Gasteiger partial charge is 0.299 e. The van der Waals surface area contributed by atoms with E-state index in [0.717, 1.165) is 0 Å². The van der Waals surface area contributed by atoms with Crippen LogP contribution in [0.3, 0.4) is 0 Å². The summed E-state index contributed by atoms with van der Waals surface area (Å²) in [5, 5.41) is 0. The van der Waals surface area contributed by atoms with E-state index in [2.05, 4.69) is 62.4 Å². The molecule has 0 bridgehead atoms. The number of halogens is 1. The molecule has 2 rings (SSSR count). The van der Waals surface area contributed by atoms with Gasteiger partial charge in [-0.2, -0.15) is 0 Å². The van der Waals surface area contributed by atoms with Crippen molar-refractivity contribution in [2.45, 2.75) is 13.8 Å². The van der Waals surface area contributed by atoms with E-state index >= 15 is 0 Å². The number of aryl methyl sites for hydroxylation is 2. The Hall–Kier alpha value is -0.738. The molecule has 16 heavy (non-hydrogen) atoms. The second kappa shape index (κ2) is 6.11. The van der Waals surface area contributed by atoms with Crippen molar-refractivity contribution in [3.63, 3.8) is 0 Å². The van der Waals surface area contributed by atoms with E-state index in [1.165, 1.54) is 20.0 Å². The van der Waals surface area contributed by atoms with Crippen LogP contribution in [-0.2, 0) is 0 Å². The van der Waals surface area contributed by atoms with Gasteiger partial charge in [0.2, 0.25) is 0 Å². The van der Waals surface area contributed by atoms with Gasteiger partial charge in [0.15, 0.2) is 0 Å². The zero-order valence-electron chi connectivity index (χ0n) is 9.60. The van der Waals surface area contributed by atoms with Gasteiger partial charge >= 0.3 is 0 Å². The lowest BCUT2D eigenvalue weighted by Gasteiger charge is -2.06. The lowest BCUT2D eigenvalue weighted by molar-refractivity contribution is 1.50. The Morgan fingerprint density at radius 2 is 1.06 bits per heavy atom. The molecule has 0 unspecified atom stereocenters. The molecule has 0 heterocycles. The minimum absolute atomic E-state index is 0. The molecule has 0 aliphatic heterocycles. The predicted octanol–water partition coefficient (Wildman–Crippen LogP) is 2.38. The van der Waals surface area contributed by atoms with Gasteiger partial charge in [-0.05, 0) is 13.8 Å². The molecule has 0 spiro atoms. The number of hydrogen-bond donors (Lipinski definition) is 0. The van der Waals surface area contributed by atoms with Crippen LogP contribution < -0.4 is 8.85 Å². The van der Waals surface area contributed by atoms with Gasteiger partial charge in [-0.1, -0.05) is 59.7 Å². The van der Waals surface area contributed by atoms with Crippen LogP contribution in [0, 0.1) is 13.8 Å². The van der Waals surface area contributed by atoms with Crippen LogP contribution in [0.1, 0.15) is 11.1 Å². The summed E-state index contributed by atoms with van der Waals surface area (Å²) < 4.78 is 3.01. The van der Waals surface area contributed by atoms with Crippen LogP contribution in [-0.4, -0.2) is 15.2 Å². The molecule has 0 amide bonds.